The van der Waals surface area contributed by atoms with E-state index in [1.165, 1.54) is 7.11 Å². The smallest absolute Gasteiger partial charge is 0.337 e. The molecular weight excluding hydrogens is 298 g/mol. The number of ether oxygens (including phenoxy) is 1. The molecule has 0 aliphatic carbocycles. The van der Waals surface area contributed by atoms with E-state index in [9.17, 15) is 4.79 Å². The third-order valence-corrected chi connectivity index (χ3v) is 2.89. The first kappa shape index (κ1) is 14.9. The zero-order valence-corrected chi connectivity index (χ0v) is 14.0. The standard InChI is InChI=1S/C14H12O2S.Zn/c1-16-14(15)11-7-8-13(17)12(9-11)10-5-3-2-4-6-10;/h2-9,17H,1H3;. The monoisotopic (exact) mass is 308 g/mol. The van der Waals surface area contributed by atoms with E-state index in [0.717, 1.165) is 16.0 Å². The molecule has 0 saturated heterocycles. The summed E-state index contributed by atoms with van der Waals surface area (Å²) >= 11 is 4.40. The predicted octanol–water partition coefficient (Wildman–Crippen LogP) is 3.43. The topological polar surface area (TPSA) is 26.3 Å². The van der Waals surface area contributed by atoms with Crippen molar-refractivity contribution in [1.82, 2.24) is 0 Å². The largest absolute Gasteiger partial charge is 0.465 e. The van der Waals surface area contributed by atoms with Crippen LogP contribution in [0.25, 0.3) is 11.1 Å². The van der Waals surface area contributed by atoms with Crippen LogP contribution in [-0.2, 0) is 24.2 Å². The number of hydrogen-bond donors (Lipinski definition) is 1. The molecular formula is C14H12O2SZn. The first-order valence-electron chi connectivity index (χ1n) is 5.19. The number of thiol groups is 1. The number of carbonyl (C=O) groups is 1. The molecule has 0 unspecified atom stereocenters. The van der Waals surface area contributed by atoms with Crippen LogP contribution < -0.4 is 0 Å². The Morgan fingerprint density at radius 2 is 1.78 bits per heavy atom. The Labute approximate surface area is 125 Å². The first-order chi connectivity index (χ1) is 8.22. The van der Waals surface area contributed by atoms with Gasteiger partial charge in [0.1, 0.15) is 0 Å². The van der Waals surface area contributed by atoms with Crippen LogP contribution in [0.1, 0.15) is 10.4 Å². The molecule has 0 saturated carbocycles. The summed E-state index contributed by atoms with van der Waals surface area (Å²) in [7, 11) is 1.37. The third kappa shape index (κ3) is 3.21. The molecule has 2 aromatic carbocycles. The first-order valence-corrected chi connectivity index (χ1v) is 5.64. The van der Waals surface area contributed by atoms with E-state index in [4.69, 9.17) is 4.74 Å². The molecule has 0 aliphatic rings. The van der Waals surface area contributed by atoms with Gasteiger partial charge in [-0.15, -0.1) is 12.6 Å². The second kappa shape index (κ2) is 6.72. The molecule has 0 aromatic heterocycles. The van der Waals surface area contributed by atoms with Crippen molar-refractivity contribution in [3.05, 3.63) is 54.1 Å². The van der Waals surface area contributed by atoms with Crippen LogP contribution in [0.15, 0.2) is 53.4 Å². The van der Waals surface area contributed by atoms with Crippen molar-refractivity contribution in [2.75, 3.05) is 7.11 Å². The van der Waals surface area contributed by atoms with Crippen LogP contribution >= 0.6 is 12.6 Å². The van der Waals surface area contributed by atoms with Gasteiger partial charge in [0, 0.05) is 24.4 Å². The van der Waals surface area contributed by atoms with Gasteiger partial charge < -0.3 is 4.74 Å². The van der Waals surface area contributed by atoms with Crippen LogP contribution in [0.4, 0.5) is 0 Å². The Kier molecular flexibility index (Phi) is 5.58. The Morgan fingerprint density at radius 3 is 2.39 bits per heavy atom. The minimum absolute atomic E-state index is 0. The number of methoxy groups -OCH3 is 1. The van der Waals surface area contributed by atoms with Crippen molar-refractivity contribution >= 4 is 18.6 Å². The normalized spacial score (nSPS) is 9.44. The van der Waals surface area contributed by atoms with Gasteiger partial charge in [-0.2, -0.15) is 0 Å². The van der Waals surface area contributed by atoms with Gasteiger partial charge in [0.15, 0.2) is 0 Å². The molecule has 0 aliphatic heterocycles. The van der Waals surface area contributed by atoms with Gasteiger partial charge >= 0.3 is 5.97 Å². The molecule has 0 heterocycles. The van der Waals surface area contributed by atoms with E-state index in [1.807, 2.05) is 30.3 Å². The van der Waals surface area contributed by atoms with Gasteiger partial charge in [0.25, 0.3) is 0 Å². The maximum Gasteiger partial charge on any atom is 0.337 e. The molecule has 2 rings (SSSR count). The molecule has 0 amide bonds. The molecule has 0 fully saturated rings. The summed E-state index contributed by atoms with van der Waals surface area (Å²) in [5.74, 6) is -0.337. The fraction of sp³-hybridized carbons (Fsp3) is 0.0714. The molecule has 0 radical (unpaired) electrons. The summed E-state index contributed by atoms with van der Waals surface area (Å²) in [6, 6.07) is 15.1. The van der Waals surface area contributed by atoms with Crippen molar-refractivity contribution in [1.29, 1.82) is 0 Å². The molecule has 0 N–H and O–H groups in total. The van der Waals surface area contributed by atoms with Crippen molar-refractivity contribution in [3.63, 3.8) is 0 Å². The van der Waals surface area contributed by atoms with E-state index in [2.05, 4.69) is 12.6 Å². The Balaban J connectivity index is 0.00000162. The number of esters is 1. The minimum atomic E-state index is -0.337. The average Bonchev–Trinajstić information content (AvgIpc) is 2.39. The second-order valence-corrected chi connectivity index (χ2v) is 4.07. The molecule has 88 valence electrons. The molecule has 2 nitrogen and oxygen atoms in total. The zero-order chi connectivity index (χ0) is 12.3. The summed E-state index contributed by atoms with van der Waals surface area (Å²) in [4.78, 5) is 12.3. The molecule has 18 heavy (non-hydrogen) atoms. The predicted molar refractivity (Wildman–Crippen MR) is 70.5 cm³/mol. The molecule has 0 spiro atoms. The van der Waals surface area contributed by atoms with Gasteiger partial charge in [0.2, 0.25) is 0 Å². The minimum Gasteiger partial charge on any atom is -0.465 e. The number of hydrogen-bond acceptors (Lipinski definition) is 3. The Hall–Kier alpha value is -1.12. The third-order valence-electron chi connectivity index (χ3n) is 2.50. The summed E-state index contributed by atoms with van der Waals surface area (Å²) < 4.78 is 4.70. The Bertz CT molecular complexity index is 541. The van der Waals surface area contributed by atoms with Crippen LogP contribution in [0.2, 0.25) is 0 Å². The van der Waals surface area contributed by atoms with Gasteiger partial charge in [0.05, 0.1) is 12.7 Å². The zero-order valence-electron chi connectivity index (χ0n) is 10.1. The van der Waals surface area contributed by atoms with Gasteiger partial charge in [-0.1, -0.05) is 30.3 Å². The maximum atomic E-state index is 11.5. The van der Waals surface area contributed by atoms with E-state index in [-0.39, 0.29) is 25.4 Å². The van der Waals surface area contributed by atoms with Crippen molar-refractivity contribution in [2.45, 2.75) is 4.90 Å². The van der Waals surface area contributed by atoms with E-state index >= 15 is 0 Å². The van der Waals surface area contributed by atoms with Crippen LogP contribution in [0.5, 0.6) is 0 Å². The summed E-state index contributed by atoms with van der Waals surface area (Å²) in [6.45, 7) is 0. The quantitative estimate of drug-likeness (QED) is 0.522. The van der Waals surface area contributed by atoms with Crippen molar-refractivity contribution in [3.8, 4) is 11.1 Å². The van der Waals surface area contributed by atoms with E-state index in [1.54, 1.807) is 18.2 Å². The Morgan fingerprint density at radius 1 is 1.11 bits per heavy atom. The van der Waals surface area contributed by atoms with E-state index in [0.29, 0.717) is 5.56 Å². The average molecular weight is 310 g/mol. The molecule has 0 bridgehead atoms. The summed E-state index contributed by atoms with van der Waals surface area (Å²) in [6.07, 6.45) is 0. The second-order valence-electron chi connectivity index (χ2n) is 3.59. The van der Waals surface area contributed by atoms with Crippen molar-refractivity contribution in [2.24, 2.45) is 0 Å². The summed E-state index contributed by atoms with van der Waals surface area (Å²) in [5, 5.41) is 0. The van der Waals surface area contributed by atoms with Gasteiger partial charge in [-0.3, -0.25) is 0 Å². The molecule has 2 aromatic rings. The number of benzene rings is 2. The number of rotatable bonds is 2. The number of carbonyl (C=O) groups excluding carboxylic acids is 1. The van der Waals surface area contributed by atoms with Crippen LogP contribution in [-0.4, -0.2) is 13.1 Å². The fourth-order valence-corrected chi connectivity index (χ4v) is 1.90. The molecule has 0 atom stereocenters. The SMILES string of the molecule is COC(=O)c1ccc(S)c(-c2ccccc2)c1.[Zn]. The van der Waals surface area contributed by atoms with Crippen molar-refractivity contribution < 1.29 is 29.0 Å². The van der Waals surface area contributed by atoms with Crippen LogP contribution in [0.3, 0.4) is 0 Å². The fourth-order valence-electron chi connectivity index (χ4n) is 1.63. The molecule has 4 heteroatoms. The van der Waals surface area contributed by atoms with Gasteiger partial charge in [-0.25, -0.2) is 4.79 Å². The summed E-state index contributed by atoms with van der Waals surface area (Å²) in [5.41, 5.74) is 2.49. The van der Waals surface area contributed by atoms with Gasteiger partial charge in [-0.05, 0) is 29.3 Å². The van der Waals surface area contributed by atoms with Crippen LogP contribution in [0, 0.1) is 0 Å². The van der Waals surface area contributed by atoms with E-state index < -0.39 is 0 Å². The maximum absolute atomic E-state index is 11.5.